The Balaban J connectivity index is 2.36. The van der Waals surface area contributed by atoms with Crippen molar-refractivity contribution in [3.8, 4) is 0 Å². The number of hydrazone groups is 1. The summed E-state index contributed by atoms with van der Waals surface area (Å²) in [6.45, 7) is 0.977. The Morgan fingerprint density at radius 2 is 2.17 bits per heavy atom. The topological polar surface area (TPSA) is 24.4 Å². The van der Waals surface area contributed by atoms with Gasteiger partial charge in [-0.3, -0.25) is 0 Å². The van der Waals surface area contributed by atoms with Crippen molar-refractivity contribution in [2.24, 2.45) is 5.10 Å². The number of nitrogens with one attached hydrogen (secondary N) is 1. The minimum Gasteiger partial charge on any atom is -0.310 e. The molecule has 2 heteroatoms. The van der Waals surface area contributed by atoms with E-state index in [1.807, 2.05) is 12.3 Å². The molecule has 0 fully saturated rings. The summed E-state index contributed by atoms with van der Waals surface area (Å²) in [6, 6.07) is 8.41. The summed E-state index contributed by atoms with van der Waals surface area (Å²) in [5.74, 6) is 0. The lowest BCUT2D eigenvalue weighted by molar-refractivity contribution is 0.678. The Morgan fingerprint density at radius 3 is 3.17 bits per heavy atom. The number of hydrogen-bond acceptors (Lipinski definition) is 2. The fourth-order valence-corrected chi connectivity index (χ4v) is 1.43. The van der Waals surface area contributed by atoms with E-state index in [9.17, 15) is 0 Å². The van der Waals surface area contributed by atoms with E-state index in [4.69, 9.17) is 0 Å². The molecule has 0 unspecified atom stereocenters. The van der Waals surface area contributed by atoms with Crippen LogP contribution in [0.15, 0.2) is 29.4 Å². The van der Waals surface area contributed by atoms with Crippen molar-refractivity contribution in [3.63, 3.8) is 0 Å². The second-order valence-electron chi connectivity index (χ2n) is 2.97. The molecule has 0 bridgehead atoms. The molecule has 12 heavy (non-hydrogen) atoms. The number of hydrogen-bond donors (Lipinski definition) is 1. The maximum Gasteiger partial charge on any atom is 0.0543 e. The fourth-order valence-electron chi connectivity index (χ4n) is 1.43. The lowest BCUT2D eigenvalue weighted by Gasteiger charge is -2.08. The number of rotatable bonds is 0. The Bertz CT molecular complexity index is 292. The van der Waals surface area contributed by atoms with Gasteiger partial charge in [-0.05, 0) is 24.0 Å². The predicted octanol–water partition coefficient (Wildman–Crippen LogP) is 1.56. The number of benzene rings is 1. The van der Waals surface area contributed by atoms with Crippen LogP contribution in [0.4, 0.5) is 0 Å². The Kier molecular flexibility index (Phi) is 2.08. The maximum atomic E-state index is 4.10. The summed E-state index contributed by atoms with van der Waals surface area (Å²) in [5.41, 5.74) is 5.64. The van der Waals surface area contributed by atoms with Crippen LogP contribution in [-0.4, -0.2) is 12.8 Å². The van der Waals surface area contributed by atoms with E-state index < -0.39 is 0 Å². The second kappa shape index (κ2) is 3.39. The third-order valence-electron chi connectivity index (χ3n) is 2.08. The molecule has 1 N–H and O–H groups in total. The second-order valence-corrected chi connectivity index (χ2v) is 2.97. The molecule has 62 valence electrons. The van der Waals surface area contributed by atoms with Crippen LogP contribution >= 0.6 is 0 Å². The first kappa shape index (κ1) is 7.35. The summed E-state index contributed by atoms with van der Waals surface area (Å²) in [4.78, 5) is 0. The first-order valence-corrected chi connectivity index (χ1v) is 4.30. The van der Waals surface area contributed by atoms with Crippen LogP contribution in [0.1, 0.15) is 17.5 Å². The van der Waals surface area contributed by atoms with Gasteiger partial charge in [-0.15, -0.1) is 0 Å². The van der Waals surface area contributed by atoms with Gasteiger partial charge in [0, 0.05) is 6.54 Å². The third kappa shape index (κ3) is 1.47. The Labute approximate surface area is 72.3 Å². The summed E-state index contributed by atoms with van der Waals surface area (Å²) in [7, 11) is 0. The molecule has 0 amide bonds. The van der Waals surface area contributed by atoms with Crippen molar-refractivity contribution in [1.29, 1.82) is 0 Å². The SMILES string of the molecule is C1=NNCCCc2ccccc21. The van der Waals surface area contributed by atoms with E-state index >= 15 is 0 Å². The molecule has 0 saturated carbocycles. The molecular formula is C10H12N2. The molecule has 0 atom stereocenters. The highest BCUT2D eigenvalue weighted by molar-refractivity contribution is 5.81. The number of nitrogens with zero attached hydrogens (tertiary/aromatic N) is 1. The highest BCUT2D eigenvalue weighted by Gasteiger charge is 2.00. The van der Waals surface area contributed by atoms with Crippen molar-refractivity contribution < 1.29 is 0 Å². The Morgan fingerprint density at radius 1 is 1.25 bits per heavy atom. The van der Waals surface area contributed by atoms with E-state index in [2.05, 4.69) is 28.7 Å². The molecule has 0 spiro atoms. The normalized spacial score (nSPS) is 15.7. The number of fused-ring (bicyclic) bond motifs is 1. The molecule has 0 aliphatic carbocycles. The van der Waals surface area contributed by atoms with Gasteiger partial charge in [-0.2, -0.15) is 5.10 Å². The lowest BCUT2D eigenvalue weighted by Crippen LogP contribution is -2.12. The molecule has 2 rings (SSSR count). The van der Waals surface area contributed by atoms with Gasteiger partial charge in [0.25, 0.3) is 0 Å². The van der Waals surface area contributed by atoms with Gasteiger partial charge in [-0.25, -0.2) is 0 Å². The molecule has 1 aromatic carbocycles. The molecule has 1 aliphatic rings. The van der Waals surface area contributed by atoms with Crippen LogP contribution in [0.2, 0.25) is 0 Å². The number of aryl methyl sites for hydroxylation is 1. The molecule has 1 aromatic rings. The average molecular weight is 160 g/mol. The molecular weight excluding hydrogens is 148 g/mol. The van der Waals surface area contributed by atoms with E-state index in [1.165, 1.54) is 11.1 Å². The molecule has 1 aliphatic heterocycles. The summed E-state index contributed by atoms with van der Waals surface area (Å²) >= 11 is 0. The Hall–Kier alpha value is -1.31. The van der Waals surface area contributed by atoms with E-state index in [0.717, 1.165) is 19.4 Å². The summed E-state index contributed by atoms with van der Waals surface area (Å²) < 4.78 is 0. The monoisotopic (exact) mass is 160 g/mol. The minimum atomic E-state index is 0.977. The largest absolute Gasteiger partial charge is 0.310 e. The molecule has 0 aromatic heterocycles. The van der Waals surface area contributed by atoms with Crippen LogP contribution in [0.3, 0.4) is 0 Å². The summed E-state index contributed by atoms with van der Waals surface area (Å²) in [5, 5.41) is 4.10. The maximum absolute atomic E-state index is 4.10. The standard InChI is InChI=1S/C10H12N2/c1-2-5-10-8-12-11-7-3-6-9(10)4-1/h1-2,4-5,8,11H,3,6-7H2. The molecule has 0 saturated heterocycles. The van der Waals surface area contributed by atoms with Gasteiger partial charge < -0.3 is 5.43 Å². The van der Waals surface area contributed by atoms with Crippen molar-refractivity contribution >= 4 is 6.21 Å². The first-order chi connectivity index (χ1) is 5.97. The fraction of sp³-hybridized carbons (Fsp3) is 0.300. The molecule has 1 heterocycles. The van der Waals surface area contributed by atoms with E-state index in [-0.39, 0.29) is 0 Å². The lowest BCUT2D eigenvalue weighted by atomic mass is 10.0. The minimum absolute atomic E-state index is 0.977. The highest BCUT2D eigenvalue weighted by atomic mass is 15.3. The van der Waals surface area contributed by atoms with Crippen molar-refractivity contribution in [3.05, 3.63) is 35.4 Å². The molecule has 0 radical (unpaired) electrons. The van der Waals surface area contributed by atoms with Gasteiger partial charge in [0.15, 0.2) is 0 Å². The third-order valence-corrected chi connectivity index (χ3v) is 2.08. The van der Waals surface area contributed by atoms with Crippen LogP contribution in [0.5, 0.6) is 0 Å². The zero-order chi connectivity index (χ0) is 8.23. The van der Waals surface area contributed by atoms with E-state index in [0.29, 0.717) is 0 Å². The van der Waals surface area contributed by atoms with Crippen molar-refractivity contribution in [2.75, 3.05) is 6.54 Å². The van der Waals surface area contributed by atoms with Gasteiger partial charge in [-0.1, -0.05) is 24.3 Å². The van der Waals surface area contributed by atoms with Gasteiger partial charge in [0.05, 0.1) is 6.21 Å². The van der Waals surface area contributed by atoms with Gasteiger partial charge in [0.2, 0.25) is 0 Å². The van der Waals surface area contributed by atoms with Gasteiger partial charge in [0.1, 0.15) is 0 Å². The average Bonchev–Trinajstić information content (AvgIpc) is 2.06. The van der Waals surface area contributed by atoms with Gasteiger partial charge >= 0.3 is 0 Å². The van der Waals surface area contributed by atoms with E-state index in [1.54, 1.807) is 0 Å². The zero-order valence-electron chi connectivity index (χ0n) is 6.96. The highest BCUT2D eigenvalue weighted by Crippen LogP contribution is 2.09. The first-order valence-electron chi connectivity index (χ1n) is 4.30. The predicted molar refractivity (Wildman–Crippen MR) is 50.4 cm³/mol. The molecule has 2 nitrogen and oxygen atoms in total. The van der Waals surface area contributed by atoms with Crippen molar-refractivity contribution in [1.82, 2.24) is 5.43 Å². The smallest absolute Gasteiger partial charge is 0.0543 e. The van der Waals surface area contributed by atoms with Crippen LogP contribution in [0.25, 0.3) is 0 Å². The van der Waals surface area contributed by atoms with Crippen LogP contribution in [-0.2, 0) is 6.42 Å². The summed E-state index contributed by atoms with van der Waals surface area (Å²) in [6.07, 6.45) is 4.21. The quantitative estimate of drug-likeness (QED) is 0.612. The van der Waals surface area contributed by atoms with Crippen LogP contribution in [0, 0.1) is 0 Å². The van der Waals surface area contributed by atoms with Crippen LogP contribution < -0.4 is 5.43 Å². The van der Waals surface area contributed by atoms with Crippen molar-refractivity contribution in [2.45, 2.75) is 12.8 Å². The zero-order valence-corrected chi connectivity index (χ0v) is 6.96.